The molecule has 1 aliphatic rings. The lowest BCUT2D eigenvalue weighted by atomic mass is 9.92. The zero-order valence-electron chi connectivity index (χ0n) is 12.8. The molecule has 0 amide bonds. The van der Waals surface area contributed by atoms with Gasteiger partial charge in [-0.25, -0.2) is 4.98 Å². The highest BCUT2D eigenvalue weighted by molar-refractivity contribution is 5.41. The van der Waals surface area contributed by atoms with Crippen LogP contribution in [0.4, 0.5) is 0 Å². The van der Waals surface area contributed by atoms with Crippen molar-refractivity contribution in [3.8, 4) is 0 Å². The summed E-state index contributed by atoms with van der Waals surface area (Å²) in [5, 5.41) is 0. The lowest BCUT2D eigenvalue weighted by Gasteiger charge is -2.34. The first-order valence-corrected chi connectivity index (χ1v) is 7.81. The summed E-state index contributed by atoms with van der Waals surface area (Å²) in [6.07, 6.45) is 5.97. The number of piperidine rings is 1. The van der Waals surface area contributed by atoms with Gasteiger partial charge in [0.05, 0.1) is 5.69 Å². The number of fused-ring (bicyclic) bond motifs is 1. The van der Waals surface area contributed by atoms with Crippen LogP contribution in [0.5, 0.6) is 0 Å². The van der Waals surface area contributed by atoms with Gasteiger partial charge in [-0.05, 0) is 71.2 Å². The van der Waals surface area contributed by atoms with Gasteiger partial charge in [0.1, 0.15) is 5.65 Å². The van der Waals surface area contributed by atoms with Crippen LogP contribution >= 0.6 is 0 Å². The molecular weight excluding hydrogens is 246 g/mol. The average Bonchev–Trinajstić information content (AvgIpc) is 2.83. The highest BCUT2D eigenvalue weighted by Gasteiger charge is 2.21. The second kappa shape index (κ2) is 5.57. The lowest BCUT2D eigenvalue weighted by molar-refractivity contribution is 0.149. The zero-order chi connectivity index (χ0) is 14.1. The third kappa shape index (κ3) is 2.73. The Hall–Kier alpha value is -1.35. The molecule has 108 valence electrons. The SMILES string of the molecule is Cc1cccc2nc(CC3CCN(C(C)C)CC3)cn12. The molecule has 0 aromatic carbocycles. The molecule has 0 saturated carbocycles. The van der Waals surface area contributed by atoms with Crippen molar-refractivity contribution in [3.05, 3.63) is 35.8 Å². The van der Waals surface area contributed by atoms with Crippen molar-refractivity contribution in [1.29, 1.82) is 0 Å². The van der Waals surface area contributed by atoms with E-state index in [9.17, 15) is 0 Å². The van der Waals surface area contributed by atoms with E-state index >= 15 is 0 Å². The average molecular weight is 271 g/mol. The van der Waals surface area contributed by atoms with E-state index in [1.807, 2.05) is 0 Å². The Morgan fingerprint density at radius 1 is 1.25 bits per heavy atom. The highest BCUT2D eigenvalue weighted by atomic mass is 15.1. The summed E-state index contributed by atoms with van der Waals surface area (Å²) in [6.45, 7) is 9.22. The minimum absolute atomic E-state index is 0.689. The first-order chi connectivity index (χ1) is 9.63. The van der Waals surface area contributed by atoms with Crippen LogP contribution in [-0.4, -0.2) is 33.4 Å². The van der Waals surface area contributed by atoms with E-state index < -0.39 is 0 Å². The number of pyridine rings is 1. The molecule has 2 aromatic heterocycles. The number of aryl methyl sites for hydroxylation is 1. The van der Waals surface area contributed by atoms with Gasteiger partial charge in [-0.15, -0.1) is 0 Å². The summed E-state index contributed by atoms with van der Waals surface area (Å²) in [7, 11) is 0. The van der Waals surface area contributed by atoms with Crippen LogP contribution in [0, 0.1) is 12.8 Å². The summed E-state index contributed by atoms with van der Waals surface area (Å²) in [4.78, 5) is 7.36. The van der Waals surface area contributed by atoms with Gasteiger partial charge in [0.2, 0.25) is 0 Å². The van der Waals surface area contributed by atoms with Crippen LogP contribution in [0.2, 0.25) is 0 Å². The van der Waals surface area contributed by atoms with Crippen LogP contribution in [0.1, 0.15) is 38.1 Å². The van der Waals surface area contributed by atoms with Crippen molar-refractivity contribution in [1.82, 2.24) is 14.3 Å². The molecule has 2 aromatic rings. The van der Waals surface area contributed by atoms with Gasteiger partial charge in [-0.2, -0.15) is 0 Å². The van der Waals surface area contributed by atoms with Crippen LogP contribution in [-0.2, 0) is 6.42 Å². The predicted molar refractivity (Wildman–Crippen MR) is 83.1 cm³/mol. The molecule has 0 radical (unpaired) electrons. The first-order valence-electron chi connectivity index (χ1n) is 7.81. The van der Waals surface area contributed by atoms with Gasteiger partial charge in [0.15, 0.2) is 0 Å². The Bertz CT molecular complexity index is 577. The van der Waals surface area contributed by atoms with Gasteiger partial charge in [0, 0.05) is 17.9 Å². The minimum atomic E-state index is 0.689. The molecule has 1 saturated heterocycles. The summed E-state index contributed by atoms with van der Waals surface area (Å²) >= 11 is 0. The Balaban J connectivity index is 1.67. The van der Waals surface area contributed by atoms with E-state index in [1.54, 1.807) is 0 Å². The lowest BCUT2D eigenvalue weighted by Crippen LogP contribution is -2.38. The van der Waals surface area contributed by atoms with Gasteiger partial charge in [-0.1, -0.05) is 6.07 Å². The normalized spacial score (nSPS) is 18.2. The van der Waals surface area contributed by atoms with E-state index in [1.165, 1.54) is 37.3 Å². The van der Waals surface area contributed by atoms with E-state index in [0.29, 0.717) is 6.04 Å². The maximum Gasteiger partial charge on any atom is 0.137 e. The fourth-order valence-corrected chi connectivity index (χ4v) is 3.27. The third-order valence-corrected chi connectivity index (χ3v) is 4.62. The Labute approximate surface area is 121 Å². The number of nitrogens with zero attached hydrogens (tertiary/aromatic N) is 3. The number of aromatic nitrogens is 2. The minimum Gasteiger partial charge on any atom is -0.304 e. The van der Waals surface area contributed by atoms with Crippen molar-refractivity contribution < 1.29 is 0 Å². The topological polar surface area (TPSA) is 20.5 Å². The fourth-order valence-electron chi connectivity index (χ4n) is 3.27. The highest BCUT2D eigenvalue weighted by Crippen LogP contribution is 2.23. The van der Waals surface area contributed by atoms with E-state index in [2.05, 4.69) is 54.5 Å². The standard InChI is InChI=1S/C17H25N3/c1-13(2)19-9-7-15(8-10-19)11-16-12-20-14(3)5-4-6-17(20)18-16/h4-6,12-13,15H,7-11H2,1-3H3. The van der Waals surface area contributed by atoms with Crippen molar-refractivity contribution in [2.75, 3.05) is 13.1 Å². The van der Waals surface area contributed by atoms with Gasteiger partial charge in [0.25, 0.3) is 0 Å². The molecule has 3 nitrogen and oxygen atoms in total. The van der Waals surface area contributed by atoms with Crippen molar-refractivity contribution in [3.63, 3.8) is 0 Å². The number of imidazole rings is 1. The molecule has 0 aliphatic carbocycles. The van der Waals surface area contributed by atoms with Crippen LogP contribution in [0.3, 0.4) is 0 Å². The van der Waals surface area contributed by atoms with Crippen LogP contribution in [0.25, 0.3) is 5.65 Å². The Morgan fingerprint density at radius 2 is 2.00 bits per heavy atom. The van der Waals surface area contributed by atoms with Crippen LogP contribution in [0.15, 0.2) is 24.4 Å². The molecular formula is C17H25N3. The molecule has 3 rings (SSSR count). The second-order valence-electron chi connectivity index (χ2n) is 6.40. The molecule has 1 aliphatic heterocycles. The van der Waals surface area contributed by atoms with E-state index in [4.69, 9.17) is 4.98 Å². The summed E-state index contributed by atoms with van der Waals surface area (Å²) in [5.74, 6) is 0.801. The van der Waals surface area contributed by atoms with Crippen molar-refractivity contribution >= 4 is 5.65 Å². The maximum atomic E-state index is 4.77. The van der Waals surface area contributed by atoms with E-state index in [0.717, 1.165) is 18.0 Å². The van der Waals surface area contributed by atoms with Crippen LogP contribution < -0.4 is 0 Å². The predicted octanol–water partition coefficient (Wildman–Crippen LogP) is 3.31. The molecule has 3 heterocycles. The molecule has 0 atom stereocenters. The number of likely N-dealkylation sites (tertiary alicyclic amines) is 1. The fraction of sp³-hybridized carbons (Fsp3) is 0.588. The smallest absolute Gasteiger partial charge is 0.137 e. The Kier molecular flexibility index (Phi) is 3.79. The second-order valence-corrected chi connectivity index (χ2v) is 6.40. The van der Waals surface area contributed by atoms with Gasteiger partial charge >= 0.3 is 0 Å². The number of hydrogen-bond acceptors (Lipinski definition) is 2. The molecule has 0 spiro atoms. The summed E-state index contributed by atoms with van der Waals surface area (Å²) < 4.78 is 2.21. The number of hydrogen-bond donors (Lipinski definition) is 0. The van der Waals surface area contributed by atoms with Gasteiger partial charge in [-0.3, -0.25) is 0 Å². The summed E-state index contributed by atoms with van der Waals surface area (Å²) in [6, 6.07) is 7.01. The van der Waals surface area contributed by atoms with Crippen molar-refractivity contribution in [2.45, 2.75) is 46.1 Å². The first kappa shape index (κ1) is 13.6. The molecule has 3 heteroatoms. The summed E-state index contributed by atoms with van der Waals surface area (Å²) in [5.41, 5.74) is 3.60. The molecule has 1 fully saturated rings. The maximum absolute atomic E-state index is 4.77. The van der Waals surface area contributed by atoms with Crippen molar-refractivity contribution in [2.24, 2.45) is 5.92 Å². The monoisotopic (exact) mass is 271 g/mol. The molecule has 0 N–H and O–H groups in total. The quantitative estimate of drug-likeness (QED) is 0.854. The largest absolute Gasteiger partial charge is 0.304 e. The molecule has 20 heavy (non-hydrogen) atoms. The van der Waals surface area contributed by atoms with E-state index in [-0.39, 0.29) is 0 Å². The molecule has 0 unspecified atom stereocenters. The Morgan fingerprint density at radius 3 is 2.65 bits per heavy atom. The third-order valence-electron chi connectivity index (χ3n) is 4.62. The van der Waals surface area contributed by atoms with Gasteiger partial charge < -0.3 is 9.30 Å². The molecule has 0 bridgehead atoms. The number of rotatable bonds is 3. The zero-order valence-corrected chi connectivity index (χ0v) is 12.8.